The second-order valence-corrected chi connectivity index (χ2v) is 3.46. The molecule has 0 saturated heterocycles. The van der Waals surface area contributed by atoms with Crippen LogP contribution < -0.4 is 5.56 Å². The van der Waals surface area contributed by atoms with Crippen LogP contribution in [0.1, 0.15) is 0 Å². The van der Waals surface area contributed by atoms with E-state index in [1.165, 1.54) is 6.07 Å². The van der Waals surface area contributed by atoms with E-state index in [1.807, 2.05) is 0 Å². The number of aromatic hydroxyl groups is 1. The number of H-pyrrole nitrogens is 2. The number of nitrogens with one attached hydrogen (secondary N) is 2. The molecule has 76 valence electrons. The Morgan fingerprint density at radius 1 is 1.13 bits per heavy atom. The molecule has 0 unspecified atom stereocenters. The van der Waals surface area contributed by atoms with Gasteiger partial charge in [0.25, 0.3) is 5.56 Å². The van der Waals surface area contributed by atoms with Gasteiger partial charge in [-0.15, -0.1) is 0 Å². The van der Waals surface area contributed by atoms with Gasteiger partial charge in [0.2, 0.25) is 0 Å². The number of phenols is 1. The van der Waals surface area contributed by atoms with Crippen molar-refractivity contribution < 1.29 is 5.11 Å². The Balaban J connectivity index is 2.59. The summed E-state index contributed by atoms with van der Waals surface area (Å²) in [7, 11) is 0. The van der Waals surface area contributed by atoms with Crippen molar-refractivity contribution in [3.05, 3.63) is 45.5 Å². The lowest BCUT2D eigenvalue weighted by Gasteiger charge is -2.00. The second-order valence-electron chi connectivity index (χ2n) is 3.05. The number of hydrogen-bond donors (Lipinski definition) is 3. The fourth-order valence-electron chi connectivity index (χ4n) is 1.27. The Hall–Kier alpha value is -1.88. The molecule has 2 aromatic rings. The third-order valence-electron chi connectivity index (χ3n) is 1.94. The number of hydrogen-bond acceptors (Lipinski definition) is 3. The summed E-state index contributed by atoms with van der Waals surface area (Å²) in [5, 5.41) is 9.11. The SMILES string of the molecule is O=c1cc(-c2ccc(O)cc2)[nH]c(=S)[nH]1. The lowest BCUT2D eigenvalue weighted by atomic mass is 10.1. The molecule has 15 heavy (non-hydrogen) atoms. The van der Waals surface area contributed by atoms with Crippen molar-refractivity contribution in [3.8, 4) is 17.0 Å². The van der Waals surface area contributed by atoms with Crippen LogP contribution in [0.5, 0.6) is 5.75 Å². The fourth-order valence-corrected chi connectivity index (χ4v) is 1.48. The van der Waals surface area contributed by atoms with E-state index in [-0.39, 0.29) is 16.1 Å². The van der Waals surface area contributed by atoms with Gasteiger partial charge in [0, 0.05) is 6.07 Å². The normalized spacial score (nSPS) is 10.1. The molecule has 0 amide bonds. The highest BCUT2D eigenvalue weighted by atomic mass is 32.1. The number of phenolic OH excluding ortho intramolecular Hbond substituents is 1. The van der Waals surface area contributed by atoms with Crippen molar-refractivity contribution in [2.75, 3.05) is 0 Å². The van der Waals surface area contributed by atoms with Crippen LogP contribution in [-0.4, -0.2) is 15.1 Å². The zero-order valence-electron chi connectivity index (χ0n) is 7.65. The quantitative estimate of drug-likeness (QED) is 0.642. The summed E-state index contributed by atoms with van der Waals surface area (Å²) >= 11 is 4.85. The monoisotopic (exact) mass is 220 g/mol. The zero-order valence-corrected chi connectivity index (χ0v) is 8.47. The topological polar surface area (TPSA) is 68.9 Å². The first kappa shape index (κ1) is 9.67. The zero-order chi connectivity index (χ0) is 10.8. The van der Waals surface area contributed by atoms with Crippen molar-refractivity contribution in [2.24, 2.45) is 0 Å². The highest BCUT2D eigenvalue weighted by Gasteiger charge is 1.99. The number of aromatic nitrogens is 2. The Labute approximate surface area is 90.2 Å². The maximum atomic E-state index is 11.2. The number of rotatable bonds is 1. The van der Waals surface area contributed by atoms with Crippen molar-refractivity contribution in [2.45, 2.75) is 0 Å². The lowest BCUT2D eigenvalue weighted by Crippen LogP contribution is -2.06. The van der Waals surface area contributed by atoms with E-state index in [2.05, 4.69) is 9.97 Å². The molecule has 1 aromatic carbocycles. The van der Waals surface area contributed by atoms with Crippen LogP contribution in [0.15, 0.2) is 35.1 Å². The van der Waals surface area contributed by atoms with Crippen LogP contribution in [0.2, 0.25) is 0 Å². The van der Waals surface area contributed by atoms with Crippen LogP contribution in [0, 0.1) is 4.77 Å². The Morgan fingerprint density at radius 2 is 1.80 bits per heavy atom. The molecule has 4 nitrogen and oxygen atoms in total. The predicted octanol–water partition coefficient (Wildman–Crippen LogP) is 1.81. The molecule has 2 rings (SSSR count). The van der Waals surface area contributed by atoms with Gasteiger partial charge >= 0.3 is 0 Å². The van der Waals surface area contributed by atoms with Crippen LogP contribution in [0.3, 0.4) is 0 Å². The molecule has 1 aromatic heterocycles. The molecular formula is C10H8N2O2S. The molecule has 5 heteroatoms. The summed E-state index contributed by atoms with van der Waals surface area (Å²) in [5.74, 6) is 0.183. The van der Waals surface area contributed by atoms with Gasteiger partial charge in [-0.25, -0.2) is 0 Å². The van der Waals surface area contributed by atoms with E-state index in [4.69, 9.17) is 17.3 Å². The molecular weight excluding hydrogens is 212 g/mol. The summed E-state index contributed by atoms with van der Waals surface area (Å²) in [6.45, 7) is 0. The van der Waals surface area contributed by atoms with E-state index in [0.29, 0.717) is 5.69 Å². The van der Waals surface area contributed by atoms with Gasteiger partial charge in [-0.2, -0.15) is 0 Å². The molecule has 3 N–H and O–H groups in total. The average molecular weight is 220 g/mol. The van der Waals surface area contributed by atoms with E-state index in [9.17, 15) is 4.79 Å². The van der Waals surface area contributed by atoms with E-state index >= 15 is 0 Å². The van der Waals surface area contributed by atoms with Gasteiger partial charge in [0.15, 0.2) is 4.77 Å². The van der Waals surface area contributed by atoms with Crippen molar-refractivity contribution in [1.29, 1.82) is 0 Å². The first-order chi connectivity index (χ1) is 7.15. The van der Waals surface area contributed by atoms with Crippen LogP contribution in [-0.2, 0) is 0 Å². The molecule has 0 spiro atoms. The average Bonchev–Trinajstić information content (AvgIpc) is 2.17. The van der Waals surface area contributed by atoms with Crippen LogP contribution in [0.25, 0.3) is 11.3 Å². The van der Waals surface area contributed by atoms with E-state index in [0.717, 1.165) is 5.56 Å². The predicted molar refractivity (Wildman–Crippen MR) is 59.3 cm³/mol. The molecule has 0 radical (unpaired) electrons. The molecule has 0 saturated carbocycles. The van der Waals surface area contributed by atoms with Crippen molar-refractivity contribution in [3.63, 3.8) is 0 Å². The van der Waals surface area contributed by atoms with Gasteiger partial charge in [0.05, 0.1) is 5.69 Å². The fraction of sp³-hybridized carbons (Fsp3) is 0. The largest absolute Gasteiger partial charge is 0.508 e. The first-order valence-corrected chi connectivity index (χ1v) is 4.69. The van der Waals surface area contributed by atoms with Crippen molar-refractivity contribution in [1.82, 2.24) is 9.97 Å². The summed E-state index contributed by atoms with van der Waals surface area (Å²) in [5.41, 5.74) is 1.18. The third kappa shape index (κ3) is 2.13. The first-order valence-electron chi connectivity index (χ1n) is 4.28. The van der Waals surface area contributed by atoms with Crippen LogP contribution in [0.4, 0.5) is 0 Å². The molecule has 0 fully saturated rings. The smallest absolute Gasteiger partial charge is 0.252 e. The minimum absolute atomic E-state index is 0.183. The molecule has 1 heterocycles. The maximum Gasteiger partial charge on any atom is 0.252 e. The minimum atomic E-state index is -0.248. The summed E-state index contributed by atoms with van der Waals surface area (Å²) in [4.78, 5) is 16.5. The Morgan fingerprint density at radius 3 is 2.40 bits per heavy atom. The van der Waals surface area contributed by atoms with Gasteiger partial charge in [-0.1, -0.05) is 0 Å². The second kappa shape index (κ2) is 3.70. The third-order valence-corrected chi connectivity index (χ3v) is 2.14. The minimum Gasteiger partial charge on any atom is -0.508 e. The number of aromatic amines is 2. The van der Waals surface area contributed by atoms with Gasteiger partial charge in [-0.05, 0) is 42.0 Å². The Bertz CT molecular complexity index is 555. The summed E-state index contributed by atoms with van der Waals surface area (Å²) in [6, 6.07) is 7.92. The van der Waals surface area contributed by atoms with E-state index in [1.54, 1.807) is 24.3 Å². The summed E-state index contributed by atoms with van der Waals surface area (Å²) in [6.07, 6.45) is 0. The molecule has 0 bridgehead atoms. The van der Waals surface area contributed by atoms with Crippen molar-refractivity contribution >= 4 is 12.2 Å². The summed E-state index contributed by atoms with van der Waals surface area (Å²) < 4.78 is 0.283. The van der Waals surface area contributed by atoms with Gasteiger partial charge in [0.1, 0.15) is 5.75 Å². The molecule has 0 atom stereocenters. The standard InChI is InChI=1S/C10H8N2O2S/c13-7-3-1-6(2-4-7)8-5-9(14)12-10(15)11-8/h1-5,13H,(H2,11,12,14,15). The van der Waals surface area contributed by atoms with Gasteiger partial charge in [-0.3, -0.25) is 9.78 Å². The molecule has 0 aliphatic carbocycles. The lowest BCUT2D eigenvalue weighted by molar-refractivity contribution is 0.475. The highest BCUT2D eigenvalue weighted by molar-refractivity contribution is 7.71. The Kier molecular flexibility index (Phi) is 2.39. The van der Waals surface area contributed by atoms with Gasteiger partial charge < -0.3 is 10.1 Å². The molecule has 0 aliphatic rings. The maximum absolute atomic E-state index is 11.2. The highest BCUT2D eigenvalue weighted by Crippen LogP contribution is 2.18. The van der Waals surface area contributed by atoms with E-state index < -0.39 is 0 Å². The number of benzene rings is 1. The van der Waals surface area contributed by atoms with Crippen LogP contribution >= 0.6 is 12.2 Å². The molecule has 0 aliphatic heterocycles.